The number of likely N-dealkylation sites (N-methyl/N-ethyl adjacent to an activating group) is 2. The van der Waals surface area contributed by atoms with E-state index in [1.165, 1.54) is 22.3 Å². The minimum atomic E-state index is -0.180. The maximum absolute atomic E-state index is 9.82. The van der Waals surface area contributed by atoms with Gasteiger partial charge in [0.2, 0.25) is 0 Å². The first-order chi connectivity index (χ1) is 16.1. The highest BCUT2D eigenvalue weighted by Crippen LogP contribution is 2.28. The van der Waals surface area contributed by atoms with Crippen molar-refractivity contribution in [1.29, 1.82) is 0 Å². The highest BCUT2D eigenvalue weighted by molar-refractivity contribution is 6.02. The van der Waals surface area contributed by atoms with Crippen LogP contribution in [0.25, 0.3) is 5.57 Å². The van der Waals surface area contributed by atoms with Gasteiger partial charge in [0.15, 0.2) is 0 Å². The number of aliphatic hydroxyl groups is 1. The molecule has 176 valence electrons. The molecule has 5 heteroatoms. The lowest BCUT2D eigenvalue weighted by Crippen LogP contribution is -2.50. The predicted octanol–water partition coefficient (Wildman–Crippen LogP) is 3.89. The molecule has 0 aromatic heterocycles. The molecule has 5 nitrogen and oxygen atoms in total. The first-order valence-electron chi connectivity index (χ1n) is 12.3. The smallest absolute Gasteiger partial charge is 0.110 e. The number of hydrogen-bond donors (Lipinski definition) is 3. The minimum Gasteiger partial charge on any atom is -0.393 e. The largest absolute Gasteiger partial charge is 0.393 e. The number of nitrogens with one attached hydrogen (secondary N) is 2. The van der Waals surface area contributed by atoms with Gasteiger partial charge >= 0.3 is 0 Å². The van der Waals surface area contributed by atoms with Gasteiger partial charge in [-0.15, -0.1) is 0 Å². The van der Waals surface area contributed by atoms with Gasteiger partial charge in [0.25, 0.3) is 0 Å². The van der Waals surface area contributed by atoms with Gasteiger partial charge in [-0.2, -0.15) is 0 Å². The predicted molar refractivity (Wildman–Crippen MR) is 138 cm³/mol. The van der Waals surface area contributed by atoms with Crippen molar-refractivity contribution >= 4 is 11.3 Å². The zero-order valence-electron chi connectivity index (χ0n) is 20.2. The number of benzene rings is 1. The molecule has 2 unspecified atom stereocenters. The third kappa shape index (κ3) is 5.91. The highest BCUT2D eigenvalue weighted by atomic mass is 16.3. The number of hydrogen-bond acceptors (Lipinski definition) is 5. The molecular weight excluding hydrogens is 408 g/mol. The Hall–Kier alpha value is -2.47. The Morgan fingerprint density at radius 1 is 1.24 bits per heavy atom. The summed E-state index contributed by atoms with van der Waals surface area (Å²) in [6, 6.07) is 9.07. The second-order valence-corrected chi connectivity index (χ2v) is 9.39. The monoisotopic (exact) mass is 446 g/mol. The topological polar surface area (TPSA) is 59.9 Å². The quantitative estimate of drug-likeness (QED) is 0.530. The van der Waals surface area contributed by atoms with Gasteiger partial charge in [0, 0.05) is 50.4 Å². The molecule has 0 spiro atoms. The van der Waals surface area contributed by atoms with E-state index in [4.69, 9.17) is 4.99 Å². The van der Waals surface area contributed by atoms with Crippen molar-refractivity contribution in [3.05, 3.63) is 77.5 Å². The molecule has 1 fully saturated rings. The molecule has 0 saturated heterocycles. The highest BCUT2D eigenvalue weighted by Gasteiger charge is 2.33. The molecule has 1 aromatic rings. The van der Waals surface area contributed by atoms with Crippen molar-refractivity contribution in [1.82, 2.24) is 15.5 Å². The van der Waals surface area contributed by atoms with Crippen LogP contribution in [0.4, 0.5) is 0 Å². The summed E-state index contributed by atoms with van der Waals surface area (Å²) in [5.41, 5.74) is 6.11. The van der Waals surface area contributed by atoms with Crippen LogP contribution in [0.5, 0.6) is 0 Å². The Morgan fingerprint density at radius 3 is 2.79 bits per heavy atom. The first-order valence-corrected chi connectivity index (χ1v) is 12.3. The van der Waals surface area contributed by atoms with Crippen molar-refractivity contribution in [3.63, 3.8) is 0 Å². The van der Waals surface area contributed by atoms with E-state index in [0.717, 1.165) is 44.5 Å². The molecule has 4 rings (SSSR count). The summed E-state index contributed by atoms with van der Waals surface area (Å²) in [4.78, 5) is 7.51. The number of rotatable bonds is 8. The molecule has 3 aliphatic rings. The number of aliphatic hydroxyl groups excluding tert-OH is 1. The average Bonchev–Trinajstić information content (AvgIpc) is 3.01. The molecule has 0 amide bonds. The summed E-state index contributed by atoms with van der Waals surface area (Å²) < 4.78 is 0. The van der Waals surface area contributed by atoms with Gasteiger partial charge in [-0.1, -0.05) is 61.1 Å². The van der Waals surface area contributed by atoms with E-state index in [0.29, 0.717) is 6.04 Å². The molecule has 1 aromatic carbocycles. The van der Waals surface area contributed by atoms with Crippen molar-refractivity contribution in [2.24, 2.45) is 10.9 Å². The van der Waals surface area contributed by atoms with E-state index < -0.39 is 0 Å². The SMILES string of the molecule is CC/C=C(\CNC)C1C=CCC(c2cccc(C3=CN(C)CC=C3)c2)=NC1NC1CC(O)C1. The summed E-state index contributed by atoms with van der Waals surface area (Å²) in [5, 5.41) is 16.9. The van der Waals surface area contributed by atoms with Gasteiger partial charge in [-0.25, -0.2) is 0 Å². The Balaban J connectivity index is 1.65. The molecule has 1 saturated carbocycles. The second kappa shape index (κ2) is 11.1. The summed E-state index contributed by atoms with van der Waals surface area (Å²) in [6.07, 6.45) is 16.8. The molecule has 2 heterocycles. The van der Waals surface area contributed by atoms with E-state index >= 15 is 0 Å². The number of aliphatic imine (C=N–C) groups is 1. The van der Waals surface area contributed by atoms with Crippen molar-refractivity contribution in [2.75, 3.05) is 27.2 Å². The molecular formula is C28H38N4O. The van der Waals surface area contributed by atoms with Gasteiger partial charge in [-0.3, -0.25) is 10.3 Å². The lowest BCUT2D eigenvalue weighted by atomic mass is 9.87. The Morgan fingerprint density at radius 2 is 2.06 bits per heavy atom. The summed E-state index contributed by atoms with van der Waals surface area (Å²) >= 11 is 0. The molecule has 1 aliphatic carbocycles. The fourth-order valence-electron chi connectivity index (χ4n) is 4.88. The van der Waals surface area contributed by atoms with Gasteiger partial charge < -0.3 is 15.3 Å². The molecule has 2 aliphatic heterocycles. The summed E-state index contributed by atoms with van der Waals surface area (Å²) in [7, 11) is 4.11. The lowest BCUT2D eigenvalue weighted by Gasteiger charge is -2.36. The molecule has 0 radical (unpaired) electrons. The van der Waals surface area contributed by atoms with Crippen LogP contribution in [-0.4, -0.2) is 61.2 Å². The zero-order chi connectivity index (χ0) is 23.2. The van der Waals surface area contributed by atoms with Crippen LogP contribution in [0.3, 0.4) is 0 Å². The van der Waals surface area contributed by atoms with Crippen molar-refractivity contribution in [3.8, 4) is 0 Å². The Bertz CT molecular complexity index is 968. The normalized spacial score (nSPS) is 27.6. The van der Waals surface area contributed by atoms with Crippen LogP contribution in [0.2, 0.25) is 0 Å². The molecule has 0 bridgehead atoms. The first kappa shape index (κ1) is 23.7. The second-order valence-electron chi connectivity index (χ2n) is 9.39. The maximum Gasteiger partial charge on any atom is 0.110 e. The van der Waals surface area contributed by atoms with E-state index in [2.05, 4.69) is 90.4 Å². The third-order valence-electron chi connectivity index (χ3n) is 6.66. The van der Waals surface area contributed by atoms with Crippen molar-refractivity contribution in [2.45, 2.75) is 50.9 Å². The Kier molecular flexibility index (Phi) is 7.97. The molecule has 3 N–H and O–H groups in total. The van der Waals surface area contributed by atoms with Crippen LogP contribution >= 0.6 is 0 Å². The van der Waals surface area contributed by atoms with Crippen molar-refractivity contribution < 1.29 is 5.11 Å². The van der Waals surface area contributed by atoms with Crippen LogP contribution < -0.4 is 10.6 Å². The van der Waals surface area contributed by atoms with Crippen LogP contribution in [0, 0.1) is 5.92 Å². The summed E-state index contributed by atoms with van der Waals surface area (Å²) in [5.74, 6) is 0.202. The number of nitrogens with zero attached hydrogens (tertiary/aromatic N) is 2. The average molecular weight is 447 g/mol. The van der Waals surface area contributed by atoms with Crippen LogP contribution in [-0.2, 0) is 0 Å². The summed E-state index contributed by atoms with van der Waals surface area (Å²) in [6.45, 7) is 3.99. The van der Waals surface area contributed by atoms with E-state index in [1.807, 2.05) is 7.05 Å². The zero-order valence-corrected chi connectivity index (χ0v) is 20.2. The lowest BCUT2D eigenvalue weighted by molar-refractivity contribution is 0.0566. The van der Waals surface area contributed by atoms with Crippen LogP contribution in [0.1, 0.15) is 43.7 Å². The van der Waals surface area contributed by atoms with Gasteiger partial charge in [0.05, 0.1) is 6.10 Å². The standard InChI is InChI=1S/C28H38N4O/c1-4-8-22(18-29-2)26-12-6-13-27(31-28(26)30-24-16-25(33)17-24)21-10-5-9-20(15-21)23-11-7-14-32(3)19-23/h5-12,15,19,24-26,28-30,33H,4,13-14,16-18H2,1-3H3/b22-8+. The maximum atomic E-state index is 9.82. The number of allylic oxidation sites excluding steroid dienone is 4. The third-order valence-corrected chi connectivity index (χ3v) is 6.66. The van der Waals surface area contributed by atoms with Crippen LogP contribution in [0.15, 0.2) is 71.4 Å². The fraction of sp³-hybridized carbons (Fsp3) is 0.464. The van der Waals surface area contributed by atoms with Gasteiger partial charge in [0.1, 0.15) is 6.17 Å². The Labute approximate surface area is 198 Å². The van der Waals surface area contributed by atoms with Gasteiger partial charge in [-0.05, 0) is 49.1 Å². The minimum absolute atomic E-state index is 0.0361. The van der Waals surface area contributed by atoms with E-state index in [-0.39, 0.29) is 18.2 Å². The molecule has 33 heavy (non-hydrogen) atoms. The van der Waals surface area contributed by atoms with E-state index in [1.54, 1.807) is 0 Å². The molecule has 2 atom stereocenters. The van der Waals surface area contributed by atoms with E-state index in [9.17, 15) is 5.11 Å². The fourth-order valence-corrected chi connectivity index (χ4v) is 4.88.